The van der Waals surface area contributed by atoms with Crippen molar-refractivity contribution in [3.05, 3.63) is 52.8 Å². The molecule has 0 aliphatic carbocycles. The Balaban J connectivity index is 2.47. The first-order valence-electron chi connectivity index (χ1n) is 12.3. The van der Waals surface area contributed by atoms with Crippen LogP contribution in [0.5, 0.6) is 0 Å². The van der Waals surface area contributed by atoms with Gasteiger partial charge >= 0.3 is 6.16 Å². The fourth-order valence-corrected chi connectivity index (χ4v) is 3.51. The monoisotopic (exact) mass is 483 g/mol. The Labute approximate surface area is 210 Å². The van der Waals surface area contributed by atoms with E-state index in [4.69, 9.17) is 14.2 Å². The van der Waals surface area contributed by atoms with E-state index in [1.807, 2.05) is 24.6 Å². The zero-order chi connectivity index (χ0) is 26.2. The molecule has 2 aromatic rings. The highest BCUT2D eigenvalue weighted by molar-refractivity contribution is 6.18. The fourth-order valence-electron chi connectivity index (χ4n) is 3.51. The normalized spacial score (nSPS) is 13.7. The summed E-state index contributed by atoms with van der Waals surface area (Å²) >= 11 is 0. The van der Waals surface area contributed by atoms with Gasteiger partial charge in [-0.05, 0) is 48.8 Å². The molecule has 0 saturated heterocycles. The molecule has 2 rings (SSSR count). The maximum Gasteiger partial charge on any atom is 0.511 e. The van der Waals surface area contributed by atoms with E-state index in [0.717, 1.165) is 28.9 Å². The Morgan fingerprint density at radius 3 is 2.34 bits per heavy atom. The summed E-state index contributed by atoms with van der Waals surface area (Å²) in [6, 6.07) is 10.3. The zero-order valence-electron chi connectivity index (χ0n) is 22.7. The van der Waals surface area contributed by atoms with Gasteiger partial charge in [0.2, 0.25) is 6.29 Å². The first-order chi connectivity index (χ1) is 16.5. The Hall–Kier alpha value is -3.09. The standard InChI is InChI=1S/C28H41N3O4/c1-10-31-25(17-20(4)30-31)26(34-21(5)35-27(32)33-16-15-19(2)3)24(18-29-9)22-11-13-23(14-12-22)28(6,7)8/h11-14,17-19,21H,10,15-16H2,1-9H3/b26-24-,29-18-. The number of benzene rings is 1. The lowest BCUT2D eigenvalue weighted by atomic mass is 9.86. The van der Waals surface area contributed by atoms with E-state index in [-0.39, 0.29) is 5.41 Å². The molecule has 0 amide bonds. The second kappa shape index (κ2) is 12.6. The van der Waals surface area contributed by atoms with Gasteiger partial charge in [0.15, 0.2) is 5.76 Å². The van der Waals surface area contributed by atoms with Crippen molar-refractivity contribution >= 4 is 23.7 Å². The topological polar surface area (TPSA) is 74.9 Å². The molecule has 0 spiro atoms. The molecule has 1 unspecified atom stereocenters. The van der Waals surface area contributed by atoms with E-state index < -0.39 is 12.4 Å². The molecule has 1 aromatic heterocycles. The van der Waals surface area contributed by atoms with Crippen molar-refractivity contribution in [3.63, 3.8) is 0 Å². The van der Waals surface area contributed by atoms with Crippen molar-refractivity contribution < 1.29 is 19.0 Å². The van der Waals surface area contributed by atoms with Crippen LogP contribution >= 0.6 is 0 Å². The fraction of sp³-hybridized carbons (Fsp3) is 0.536. The Morgan fingerprint density at radius 2 is 1.80 bits per heavy atom. The van der Waals surface area contributed by atoms with Crippen LogP contribution in [0.25, 0.3) is 11.3 Å². The minimum atomic E-state index is -0.883. The second-order valence-corrected chi connectivity index (χ2v) is 10.0. The van der Waals surface area contributed by atoms with Crippen molar-refractivity contribution in [2.45, 2.75) is 80.1 Å². The Morgan fingerprint density at radius 1 is 1.14 bits per heavy atom. The van der Waals surface area contributed by atoms with Gasteiger partial charge in [0.25, 0.3) is 0 Å². The summed E-state index contributed by atoms with van der Waals surface area (Å²) < 4.78 is 18.7. The lowest BCUT2D eigenvalue weighted by Crippen LogP contribution is -2.20. The van der Waals surface area contributed by atoms with Crippen molar-refractivity contribution in [2.75, 3.05) is 13.7 Å². The van der Waals surface area contributed by atoms with Crippen molar-refractivity contribution in [1.29, 1.82) is 0 Å². The van der Waals surface area contributed by atoms with Crippen LogP contribution in [0.2, 0.25) is 0 Å². The van der Waals surface area contributed by atoms with E-state index in [9.17, 15) is 4.79 Å². The minimum absolute atomic E-state index is 0.0385. The molecule has 0 N–H and O–H groups in total. The van der Waals surface area contributed by atoms with Gasteiger partial charge < -0.3 is 14.2 Å². The molecule has 0 radical (unpaired) electrons. The van der Waals surface area contributed by atoms with Crippen LogP contribution in [-0.2, 0) is 26.2 Å². The number of hydrogen-bond acceptors (Lipinski definition) is 6. The van der Waals surface area contributed by atoms with E-state index in [2.05, 4.69) is 69.0 Å². The quantitative estimate of drug-likeness (QED) is 0.164. The average Bonchev–Trinajstić information content (AvgIpc) is 3.15. The molecule has 1 atom stereocenters. The third-order valence-corrected chi connectivity index (χ3v) is 5.46. The van der Waals surface area contributed by atoms with Crippen molar-refractivity contribution in [3.8, 4) is 0 Å². The summed E-state index contributed by atoms with van der Waals surface area (Å²) in [7, 11) is 1.72. The molecule has 0 fully saturated rings. The highest BCUT2D eigenvalue weighted by Crippen LogP contribution is 2.31. The smallest absolute Gasteiger partial charge is 0.452 e. The number of ether oxygens (including phenoxy) is 3. The number of carbonyl (C=O) groups excluding carboxylic acids is 1. The number of hydrogen-bond donors (Lipinski definition) is 0. The summed E-state index contributed by atoms with van der Waals surface area (Å²) in [5.41, 5.74) is 4.62. The van der Waals surface area contributed by atoms with Crippen LogP contribution < -0.4 is 0 Å². The predicted octanol–water partition coefficient (Wildman–Crippen LogP) is 6.64. The van der Waals surface area contributed by atoms with Crippen LogP contribution in [0, 0.1) is 12.8 Å². The van der Waals surface area contributed by atoms with E-state index in [1.165, 1.54) is 5.56 Å². The van der Waals surface area contributed by atoms with Crippen LogP contribution in [0.3, 0.4) is 0 Å². The van der Waals surface area contributed by atoms with Gasteiger partial charge in [-0.3, -0.25) is 9.67 Å². The number of rotatable bonds is 10. The van der Waals surface area contributed by atoms with Crippen LogP contribution in [0.1, 0.15) is 77.4 Å². The first-order valence-corrected chi connectivity index (χ1v) is 12.3. The second-order valence-electron chi connectivity index (χ2n) is 10.0. The van der Waals surface area contributed by atoms with Crippen molar-refractivity contribution in [2.24, 2.45) is 10.9 Å². The lowest BCUT2D eigenvalue weighted by molar-refractivity contribution is -0.0676. The first kappa shape index (κ1) is 28.1. The Bertz CT molecular complexity index is 1030. The molecule has 1 heterocycles. The maximum absolute atomic E-state index is 12.2. The molecule has 7 heteroatoms. The van der Waals surface area contributed by atoms with Crippen LogP contribution in [0.15, 0.2) is 35.3 Å². The van der Waals surface area contributed by atoms with Gasteiger partial charge in [-0.25, -0.2) is 4.79 Å². The van der Waals surface area contributed by atoms with Crippen molar-refractivity contribution in [1.82, 2.24) is 9.78 Å². The van der Waals surface area contributed by atoms with Gasteiger partial charge in [0.05, 0.1) is 12.3 Å². The Kier molecular flexibility index (Phi) is 10.1. The molecule has 35 heavy (non-hydrogen) atoms. The molecule has 7 nitrogen and oxygen atoms in total. The number of nitrogens with zero attached hydrogens (tertiary/aromatic N) is 3. The summed E-state index contributed by atoms with van der Waals surface area (Å²) in [6.45, 7) is 17.3. The molecule has 1 aromatic carbocycles. The summed E-state index contributed by atoms with van der Waals surface area (Å²) in [6.07, 6.45) is 0.896. The van der Waals surface area contributed by atoms with Gasteiger partial charge in [-0.15, -0.1) is 0 Å². The lowest BCUT2D eigenvalue weighted by Gasteiger charge is -2.22. The van der Waals surface area contributed by atoms with E-state index in [0.29, 0.717) is 24.8 Å². The maximum atomic E-state index is 12.2. The molecular formula is C28H41N3O4. The van der Waals surface area contributed by atoms with Gasteiger partial charge in [-0.1, -0.05) is 58.9 Å². The zero-order valence-corrected chi connectivity index (χ0v) is 22.7. The third-order valence-electron chi connectivity index (χ3n) is 5.46. The van der Waals surface area contributed by atoms with Gasteiger partial charge in [-0.2, -0.15) is 5.10 Å². The van der Waals surface area contributed by atoms with Gasteiger partial charge in [0.1, 0.15) is 5.69 Å². The van der Waals surface area contributed by atoms with E-state index in [1.54, 1.807) is 20.2 Å². The van der Waals surface area contributed by atoms with Gasteiger partial charge in [0, 0.05) is 32.3 Å². The molecule has 0 saturated carbocycles. The predicted molar refractivity (Wildman–Crippen MR) is 141 cm³/mol. The SMILES string of the molecule is CCn1nc(C)cc1/C(OC(C)OC(=O)OCCC(C)C)=C(\C=N/C)c1ccc(C(C)(C)C)cc1. The number of allylic oxidation sites excluding steroid dienone is 1. The summed E-state index contributed by atoms with van der Waals surface area (Å²) in [5.74, 6) is 0.966. The highest BCUT2D eigenvalue weighted by atomic mass is 16.8. The van der Waals surface area contributed by atoms with Crippen LogP contribution in [-0.4, -0.2) is 42.1 Å². The third kappa shape index (κ3) is 8.26. The van der Waals surface area contributed by atoms with Crippen LogP contribution in [0.4, 0.5) is 4.79 Å². The number of carbonyl (C=O) groups is 1. The number of aromatic nitrogens is 2. The number of aliphatic imine (C=N–C) groups is 1. The molecular weight excluding hydrogens is 442 g/mol. The highest BCUT2D eigenvalue weighted by Gasteiger charge is 2.22. The molecule has 0 bridgehead atoms. The largest absolute Gasteiger partial charge is 0.511 e. The summed E-state index contributed by atoms with van der Waals surface area (Å²) in [5, 5.41) is 4.58. The molecule has 0 aliphatic rings. The van der Waals surface area contributed by atoms with E-state index >= 15 is 0 Å². The average molecular weight is 484 g/mol. The molecule has 192 valence electrons. The minimum Gasteiger partial charge on any atom is -0.452 e. The summed E-state index contributed by atoms with van der Waals surface area (Å²) in [4.78, 5) is 16.5. The number of aryl methyl sites for hydroxylation is 2. The molecule has 0 aliphatic heterocycles.